The van der Waals surface area contributed by atoms with Crippen molar-refractivity contribution in [1.29, 1.82) is 0 Å². The third-order valence-electron chi connectivity index (χ3n) is 6.51. The number of ether oxygens (including phenoxy) is 2. The van der Waals surface area contributed by atoms with Gasteiger partial charge in [-0.3, -0.25) is 14.5 Å². The summed E-state index contributed by atoms with van der Waals surface area (Å²) in [5.41, 5.74) is 1.60. The lowest BCUT2D eigenvalue weighted by molar-refractivity contribution is -0.115. The van der Waals surface area contributed by atoms with Gasteiger partial charge in [0.05, 0.1) is 11.7 Å². The Morgan fingerprint density at radius 1 is 1.20 bits per heavy atom. The molecule has 1 aliphatic rings. The first-order chi connectivity index (χ1) is 16.7. The summed E-state index contributed by atoms with van der Waals surface area (Å²) >= 11 is 0. The standard InChI is InChI=1S/C27H36FN3O4/c1-6-26(32)29-21-11-12-22-24(13-21)35-17-19(3)31(15-20-9-7-8-10-23(20)28)14-18(2)25(34-5)16-30(4)27(22)33/h7-13,18-19,25H,6,14-17H2,1-5H3,(H,29,32)/t18-,19-,25-/m0/s1. The number of anilines is 1. The van der Waals surface area contributed by atoms with Gasteiger partial charge in [-0.1, -0.05) is 32.0 Å². The first kappa shape index (κ1) is 26.6. The van der Waals surface area contributed by atoms with E-state index in [-0.39, 0.29) is 42.3 Å². The van der Waals surface area contributed by atoms with Gasteiger partial charge in [0.2, 0.25) is 5.91 Å². The Hall–Kier alpha value is -2.97. The third-order valence-corrected chi connectivity index (χ3v) is 6.51. The van der Waals surface area contributed by atoms with Gasteiger partial charge in [-0.05, 0) is 31.0 Å². The first-order valence-corrected chi connectivity index (χ1v) is 12.1. The highest BCUT2D eigenvalue weighted by molar-refractivity contribution is 5.98. The normalized spacial score (nSPS) is 21.9. The lowest BCUT2D eigenvalue weighted by atomic mass is 10.0. The van der Waals surface area contributed by atoms with Crippen molar-refractivity contribution in [2.45, 2.75) is 45.9 Å². The Kier molecular flexibility index (Phi) is 9.23. The molecule has 8 heteroatoms. The van der Waals surface area contributed by atoms with Gasteiger partial charge < -0.3 is 19.7 Å². The average molecular weight is 486 g/mol. The predicted octanol–water partition coefficient (Wildman–Crippen LogP) is 4.18. The summed E-state index contributed by atoms with van der Waals surface area (Å²) in [6.45, 7) is 7.62. The fourth-order valence-corrected chi connectivity index (χ4v) is 4.24. The van der Waals surface area contributed by atoms with Gasteiger partial charge >= 0.3 is 0 Å². The van der Waals surface area contributed by atoms with Crippen LogP contribution in [-0.2, 0) is 16.1 Å². The van der Waals surface area contributed by atoms with Crippen molar-refractivity contribution in [2.75, 3.05) is 39.2 Å². The average Bonchev–Trinajstić information content (AvgIpc) is 2.85. The lowest BCUT2D eigenvalue weighted by Crippen LogP contribution is -2.46. The number of nitrogens with zero attached hydrogens (tertiary/aromatic N) is 2. The molecule has 2 amide bonds. The molecule has 190 valence electrons. The van der Waals surface area contributed by atoms with Crippen molar-refractivity contribution >= 4 is 17.5 Å². The molecule has 7 nitrogen and oxygen atoms in total. The number of halogens is 1. The largest absolute Gasteiger partial charge is 0.491 e. The second-order valence-electron chi connectivity index (χ2n) is 9.23. The molecule has 3 atom stereocenters. The van der Waals surface area contributed by atoms with E-state index in [1.807, 2.05) is 13.0 Å². The lowest BCUT2D eigenvalue weighted by Gasteiger charge is -2.36. The van der Waals surface area contributed by atoms with E-state index in [1.54, 1.807) is 56.3 Å². The SMILES string of the molecule is CCC(=O)Nc1ccc2c(c1)OC[C@H](C)N(Cc1ccccc1F)C[C@H](C)[C@@H](OC)CN(C)C2=O. The zero-order valence-corrected chi connectivity index (χ0v) is 21.2. The molecule has 0 unspecified atom stereocenters. The molecule has 1 heterocycles. The Morgan fingerprint density at radius 3 is 2.63 bits per heavy atom. The molecule has 0 aliphatic carbocycles. The predicted molar refractivity (Wildman–Crippen MR) is 134 cm³/mol. The molecule has 0 aromatic heterocycles. The van der Waals surface area contributed by atoms with Crippen LogP contribution in [0.5, 0.6) is 5.75 Å². The van der Waals surface area contributed by atoms with Crippen LogP contribution in [0.4, 0.5) is 10.1 Å². The van der Waals surface area contributed by atoms with Gasteiger partial charge in [0.25, 0.3) is 5.91 Å². The smallest absolute Gasteiger partial charge is 0.257 e. The molecule has 3 rings (SSSR count). The third kappa shape index (κ3) is 6.80. The van der Waals surface area contributed by atoms with Gasteiger partial charge in [0.1, 0.15) is 18.2 Å². The summed E-state index contributed by atoms with van der Waals surface area (Å²) < 4.78 is 26.4. The van der Waals surface area contributed by atoms with E-state index in [0.29, 0.717) is 48.6 Å². The Morgan fingerprint density at radius 2 is 1.94 bits per heavy atom. The molecule has 0 bridgehead atoms. The zero-order valence-electron chi connectivity index (χ0n) is 21.2. The number of amides is 2. The number of hydrogen-bond donors (Lipinski definition) is 1. The van der Waals surface area contributed by atoms with Gasteiger partial charge in [0.15, 0.2) is 0 Å². The topological polar surface area (TPSA) is 71.1 Å². The number of benzene rings is 2. The fraction of sp³-hybridized carbons (Fsp3) is 0.481. The molecular weight excluding hydrogens is 449 g/mol. The van der Waals surface area contributed by atoms with Crippen molar-refractivity contribution in [2.24, 2.45) is 5.92 Å². The number of methoxy groups -OCH3 is 1. The number of nitrogens with one attached hydrogen (secondary N) is 1. The molecule has 1 N–H and O–H groups in total. The minimum atomic E-state index is -0.241. The summed E-state index contributed by atoms with van der Waals surface area (Å²) in [5.74, 6) is -0.0670. The Balaban J connectivity index is 1.95. The second-order valence-corrected chi connectivity index (χ2v) is 9.23. The van der Waals surface area contributed by atoms with E-state index in [2.05, 4.69) is 17.1 Å². The molecule has 0 saturated heterocycles. The Bertz CT molecular complexity index is 1030. The minimum Gasteiger partial charge on any atom is -0.491 e. The van der Waals surface area contributed by atoms with Crippen LogP contribution in [0.25, 0.3) is 0 Å². The number of rotatable bonds is 5. The van der Waals surface area contributed by atoms with Crippen LogP contribution >= 0.6 is 0 Å². The maximum Gasteiger partial charge on any atom is 0.257 e. The fourth-order valence-electron chi connectivity index (χ4n) is 4.24. The van der Waals surface area contributed by atoms with Gasteiger partial charge in [-0.2, -0.15) is 0 Å². The number of likely N-dealkylation sites (N-methyl/N-ethyl adjacent to an activating group) is 1. The highest BCUT2D eigenvalue weighted by atomic mass is 19.1. The van der Waals surface area contributed by atoms with E-state index in [9.17, 15) is 14.0 Å². The zero-order chi connectivity index (χ0) is 25.5. The summed E-state index contributed by atoms with van der Waals surface area (Å²) in [6, 6.07) is 11.8. The van der Waals surface area contributed by atoms with Crippen LogP contribution in [0.15, 0.2) is 42.5 Å². The van der Waals surface area contributed by atoms with E-state index in [0.717, 1.165) is 0 Å². The van der Waals surface area contributed by atoms with Crippen molar-refractivity contribution in [3.05, 3.63) is 59.4 Å². The summed E-state index contributed by atoms with van der Waals surface area (Å²) in [5, 5.41) is 2.82. The molecule has 0 spiro atoms. The van der Waals surface area contributed by atoms with Gasteiger partial charge in [-0.15, -0.1) is 0 Å². The molecule has 1 aliphatic heterocycles. The van der Waals surface area contributed by atoms with E-state index in [1.165, 1.54) is 6.07 Å². The van der Waals surface area contributed by atoms with Crippen molar-refractivity contribution < 1.29 is 23.5 Å². The number of carbonyl (C=O) groups is 2. The summed E-state index contributed by atoms with van der Waals surface area (Å²) in [7, 11) is 3.39. The quantitative estimate of drug-likeness (QED) is 0.688. The maximum atomic E-state index is 14.5. The summed E-state index contributed by atoms with van der Waals surface area (Å²) in [6.07, 6.45) is 0.143. The number of hydrogen-bond acceptors (Lipinski definition) is 5. The van der Waals surface area contributed by atoms with Crippen molar-refractivity contribution in [3.8, 4) is 5.75 Å². The van der Waals surface area contributed by atoms with Crippen LogP contribution in [0, 0.1) is 11.7 Å². The van der Waals surface area contributed by atoms with E-state index < -0.39 is 0 Å². The van der Waals surface area contributed by atoms with Crippen LogP contribution < -0.4 is 10.1 Å². The Labute approximate surface area is 207 Å². The second kappa shape index (κ2) is 12.1. The first-order valence-electron chi connectivity index (χ1n) is 12.1. The maximum absolute atomic E-state index is 14.5. The highest BCUT2D eigenvalue weighted by Gasteiger charge is 2.28. The summed E-state index contributed by atoms with van der Waals surface area (Å²) in [4.78, 5) is 29.0. The number of fused-ring (bicyclic) bond motifs is 1. The molecule has 35 heavy (non-hydrogen) atoms. The van der Waals surface area contributed by atoms with Crippen LogP contribution in [-0.4, -0.2) is 67.6 Å². The van der Waals surface area contributed by atoms with Gasteiger partial charge in [-0.25, -0.2) is 4.39 Å². The monoisotopic (exact) mass is 485 g/mol. The van der Waals surface area contributed by atoms with Crippen LogP contribution in [0.1, 0.15) is 43.1 Å². The van der Waals surface area contributed by atoms with Crippen LogP contribution in [0.2, 0.25) is 0 Å². The van der Waals surface area contributed by atoms with Crippen molar-refractivity contribution in [1.82, 2.24) is 9.80 Å². The molecule has 0 fully saturated rings. The van der Waals surface area contributed by atoms with Gasteiger partial charge in [0, 0.05) is 63.6 Å². The number of carbonyl (C=O) groups excluding carboxylic acids is 2. The highest BCUT2D eigenvalue weighted by Crippen LogP contribution is 2.27. The van der Waals surface area contributed by atoms with E-state index >= 15 is 0 Å². The van der Waals surface area contributed by atoms with E-state index in [4.69, 9.17) is 9.47 Å². The minimum absolute atomic E-state index is 0.0787. The molecular formula is C27H36FN3O4. The molecule has 2 aromatic carbocycles. The molecule has 0 saturated carbocycles. The molecule has 0 radical (unpaired) electrons. The molecule has 2 aromatic rings. The van der Waals surface area contributed by atoms with Crippen LogP contribution in [0.3, 0.4) is 0 Å². The van der Waals surface area contributed by atoms with Crippen molar-refractivity contribution in [3.63, 3.8) is 0 Å².